The van der Waals surface area contributed by atoms with E-state index in [1.807, 2.05) is 0 Å². The van der Waals surface area contributed by atoms with Crippen molar-refractivity contribution in [2.45, 2.75) is 23.2 Å². The first kappa shape index (κ1) is 19.1. The number of thioether (sulfide) groups is 1. The summed E-state index contributed by atoms with van der Waals surface area (Å²) in [4.78, 5) is 0. The Kier molecular flexibility index (Phi) is 4.99. The van der Waals surface area contributed by atoms with E-state index in [9.17, 15) is 30.4 Å². The molecule has 0 bridgehead atoms. The van der Waals surface area contributed by atoms with E-state index in [0.29, 0.717) is 12.2 Å². The third-order valence-electron chi connectivity index (χ3n) is 4.11. The monoisotopic (exact) mass is 413 g/mol. The Labute approximate surface area is 149 Å². The fourth-order valence-electron chi connectivity index (χ4n) is 2.72. The summed E-state index contributed by atoms with van der Waals surface area (Å²) in [5.41, 5.74) is -0.959. The molecule has 1 aliphatic rings. The lowest BCUT2D eigenvalue weighted by atomic mass is 10.1. The van der Waals surface area contributed by atoms with Crippen molar-refractivity contribution < 1.29 is 30.4 Å². The molecule has 1 fully saturated rings. The second kappa shape index (κ2) is 6.80. The molecule has 12 heteroatoms. The van der Waals surface area contributed by atoms with Crippen LogP contribution in [0.2, 0.25) is 0 Å². The number of sulfone groups is 1. The highest BCUT2D eigenvalue weighted by Crippen LogP contribution is 2.32. The minimum Gasteiger partial charge on any atom is -0.309 e. The highest BCUT2D eigenvalue weighted by molar-refractivity contribution is 7.98. The molecule has 3 rings (SSSR count). The van der Waals surface area contributed by atoms with E-state index in [2.05, 4.69) is 10.2 Å². The van der Waals surface area contributed by atoms with Crippen molar-refractivity contribution in [2.75, 3.05) is 11.5 Å². The van der Waals surface area contributed by atoms with Crippen molar-refractivity contribution in [3.05, 3.63) is 40.5 Å². The van der Waals surface area contributed by atoms with E-state index in [1.54, 1.807) is 7.05 Å². The van der Waals surface area contributed by atoms with Crippen LogP contribution in [0, 0.1) is 29.1 Å². The number of aromatic nitrogens is 3. The highest BCUT2D eigenvalue weighted by Gasteiger charge is 2.33. The van der Waals surface area contributed by atoms with Gasteiger partial charge in [-0.25, -0.2) is 30.4 Å². The third kappa shape index (κ3) is 3.31. The standard InChI is InChI=1S/C14H12F5N3O2S2/c1-22-13(6-2-3-26(23,24)5-6)20-21-14(22)25-4-7-8(15)10(17)12(19)11(18)9(7)16/h6H,2-5H2,1H3. The summed E-state index contributed by atoms with van der Waals surface area (Å²) in [6.07, 6.45) is 0.386. The normalized spacial score (nSPS) is 19.2. The lowest BCUT2D eigenvalue weighted by Gasteiger charge is -2.09. The smallest absolute Gasteiger partial charge is 0.200 e. The number of halogens is 5. The summed E-state index contributed by atoms with van der Waals surface area (Å²) in [6, 6.07) is 0. The molecule has 1 aromatic heterocycles. The van der Waals surface area contributed by atoms with E-state index in [0.717, 1.165) is 11.8 Å². The average molecular weight is 413 g/mol. The Balaban J connectivity index is 1.82. The van der Waals surface area contributed by atoms with Crippen LogP contribution in [0.1, 0.15) is 23.7 Å². The fraction of sp³-hybridized carbons (Fsp3) is 0.429. The maximum absolute atomic E-state index is 13.7. The second-order valence-corrected chi connectivity index (χ2v) is 9.01. The largest absolute Gasteiger partial charge is 0.309 e. The minimum atomic E-state index is -3.14. The van der Waals surface area contributed by atoms with Gasteiger partial charge in [-0.1, -0.05) is 11.8 Å². The molecule has 142 valence electrons. The van der Waals surface area contributed by atoms with Crippen LogP contribution < -0.4 is 0 Å². The molecule has 2 aromatic rings. The highest BCUT2D eigenvalue weighted by atomic mass is 32.2. The van der Waals surface area contributed by atoms with Gasteiger partial charge in [0.25, 0.3) is 0 Å². The van der Waals surface area contributed by atoms with Gasteiger partial charge in [0.2, 0.25) is 5.82 Å². The van der Waals surface area contributed by atoms with Crippen LogP contribution >= 0.6 is 11.8 Å². The van der Waals surface area contributed by atoms with Crippen molar-refractivity contribution in [1.82, 2.24) is 14.8 Å². The topological polar surface area (TPSA) is 64.8 Å². The summed E-state index contributed by atoms with van der Waals surface area (Å²) in [5.74, 6) is -10.5. The van der Waals surface area contributed by atoms with Crippen LogP contribution in [0.3, 0.4) is 0 Å². The number of rotatable bonds is 4. The molecule has 5 nitrogen and oxygen atoms in total. The Morgan fingerprint density at radius 3 is 2.15 bits per heavy atom. The van der Waals surface area contributed by atoms with Crippen molar-refractivity contribution in [2.24, 2.45) is 7.05 Å². The lowest BCUT2D eigenvalue weighted by Crippen LogP contribution is -2.09. The number of benzene rings is 1. The van der Waals surface area contributed by atoms with Crippen molar-refractivity contribution in [3.63, 3.8) is 0 Å². The molecule has 0 aliphatic carbocycles. The third-order valence-corrected chi connectivity index (χ3v) is 6.93. The summed E-state index contributed by atoms with van der Waals surface area (Å²) in [5, 5.41) is 7.90. The zero-order valence-electron chi connectivity index (χ0n) is 13.3. The summed E-state index contributed by atoms with van der Waals surface area (Å²) in [6.45, 7) is 0. The maximum Gasteiger partial charge on any atom is 0.200 e. The first-order valence-electron chi connectivity index (χ1n) is 7.35. The SMILES string of the molecule is Cn1c(SCc2c(F)c(F)c(F)c(F)c2F)nnc1C1CCS(=O)(=O)C1. The maximum atomic E-state index is 13.7. The van der Waals surface area contributed by atoms with E-state index in [4.69, 9.17) is 0 Å². The van der Waals surface area contributed by atoms with Gasteiger partial charge in [-0.3, -0.25) is 0 Å². The molecule has 0 saturated carbocycles. The van der Waals surface area contributed by atoms with Gasteiger partial charge in [0.15, 0.2) is 38.3 Å². The van der Waals surface area contributed by atoms with Gasteiger partial charge in [-0.05, 0) is 6.42 Å². The summed E-state index contributed by atoms with van der Waals surface area (Å²) < 4.78 is 91.5. The molecule has 0 radical (unpaired) electrons. The van der Waals surface area contributed by atoms with E-state index < -0.39 is 50.2 Å². The number of hydrogen-bond donors (Lipinski definition) is 0. The zero-order valence-corrected chi connectivity index (χ0v) is 14.9. The summed E-state index contributed by atoms with van der Waals surface area (Å²) in [7, 11) is -1.59. The van der Waals surface area contributed by atoms with Crippen molar-refractivity contribution in [3.8, 4) is 0 Å². The number of nitrogens with zero attached hydrogens (tertiary/aromatic N) is 3. The molecular weight excluding hydrogens is 401 g/mol. The molecule has 0 N–H and O–H groups in total. The fourth-order valence-corrected chi connectivity index (χ4v) is 5.37. The van der Waals surface area contributed by atoms with Crippen LogP contribution in [0.5, 0.6) is 0 Å². The molecule has 0 amide bonds. The van der Waals surface area contributed by atoms with Gasteiger partial charge in [0.05, 0.1) is 11.5 Å². The van der Waals surface area contributed by atoms with E-state index in [-0.39, 0.29) is 22.6 Å². The Morgan fingerprint density at radius 2 is 1.62 bits per heavy atom. The average Bonchev–Trinajstić information content (AvgIpc) is 3.13. The molecule has 1 saturated heterocycles. The molecular formula is C14H12F5N3O2S2. The van der Waals surface area contributed by atoms with Crippen LogP contribution in [0.25, 0.3) is 0 Å². The Morgan fingerprint density at radius 1 is 1.04 bits per heavy atom. The molecule has 2 heterocycles. The van der Waals surface area contributed by atoms with Crippen molar-refractivity contribution >= 4 is 21.6 Å². The van der Waals surface area contributed by atoms with E-state index >= 15 is 0 Å². The number of hydrogen-bond acceptors (Lipinski definition) is 5. The predicted molar refractivity (Wildman–Crippen MR) is 82.8 cm³/mol. The van der Waals surface area contributed by atoms with Gasteiger partial charge < -0.3 is 4.57 Å². The molecule has 1 unspecified atom stereocenters. The van der Waals surface area contributed by atoms with Gasteiger partial charge in [-0.2, -0.15) is 0 Å². The first-order valence-corrected chi connectivity index (χ1v) is 10.2. The molecule has 1 atom stereocenters. The lowest BCUT2D eigenvalue weighted by molar-refractivity contribution is 0.372. The minimum absolute atomic E-state index is 0.0392. The molecule has 0 spiro atoms. The van der Waals surface area contributed by atoms with Crippen LogP contribution in [-0.2, 0) is 22.6 Å². The van der Waals surface area contributed by atoms with E-state index in [1.165, 1.54) is 4.57 Å². The van der Waals surface area contributed by atoms with Crippen LogP contribution in [0.15, 0.2) is 5.16 Å². The molecule has 26 heavy (non-hydrogen) atoms. The Hall–Kier alpha value is -1.69. The second-order valence-electron chi connectivity index (χ2n) is 5.84. The molecule has 1 aromatic carbocycles. The quantitative estimate of drug-likeness (QED) is 0.334. The van der Waals surface area contributed by atoms with Gasteiger partial charge in [0, 0.05) is 24.3 Å². The first-order chi connectivity index (χ1) is 12.1. The predicted octanol–water partition coefficient (Wildman–Crippen LogP) is 2.71. The van der Waals surface area contributed by atoms with Crippen LogP contribution in [-0.4, -0.2) is 34.7 Å². The van der Waals surface area contributed by atoms with Gasteiger partial charge in [0.1, 0.15) is 5.82 Å². The zero-order chi connectivity index (χ0) is 19.2. The van der Waals surface area contributed by atoms with Gasteiger partial charge in [-0.15, -0.1) is 10.2 Å². The molecule has 1 aliphatic heterocycles. The van der Waals surface area contributed by atoms with Crippen molar-refractivity contribution in [1.29, 1.82) is 0 Å². The van der Waals surface area contributed by atoms with Gasteiger partial charge >= 0.3 is 0 Å². The summed E-state index contributed by atoms with van der Waals surface area (Å²) >= 11 is 0.735. The van der Waals surface area contributed by atoms with Crippen LogP contribution in [0.4, 0.5) is 22.0 Å². The Bertz CT molecular complexity index is 948.